The van der Waals surface area contributed by atoms with Gasteiger partial charge in [-0.3, -0.25) is 42.5 Å². The highest BCUT2D eigenvalue weighted by molar-refractivity contribution is 7.48. The van der Waals surface area contributed by atoms with E-state index in [2.05, 4.69) is 31.6 Å². The molecule has 8 atom stereocenters. The van der Waals surface area contributed by atoms with E-state index in [0.29, 0.717) is 30.8 Å². The second kappa shape index (κ2) is 24.2. The molecule has 1 fully saturated rings. The average Bonchev–Trinajstić information content (AvgIpc) is 3.91. The van der Waals surface area contributed by atoms with Crippen molar-refractivity contribution in [2.45, 2.75) is 158 Å². The summed E-state index contributed by atoms with van der Waals surface area (Å²) in [6.45, 7) is 22.6. The molecule has 3 heterocycles. The van der Waals surface area contributed by atoms with Crippen molar-refractivity contribution < 1.29 is 42.1 Å². The van der Waals surface area contributed by atoms with Crippen LogP contribution in [0.2, 0.25) is 0 Å². The van der Waals surface area contributed by atoms with Crippen LogP contribution in [0.15, 0.2) is 46.9 Å². The molecule has 5 amide bonds. The number of thiazole rings is 1. The highest BCUT2D eigenvalue weighted by Crippen LogP contribution is 2.51. The number of benzene rings is 1. The summed E-state index contributed by atoms with van der Waals surface area (Å²) in [7, 11) is -3.92. The van der Waals surface area contributed by atoms with Crippen molar-refractivity contribution in [2.24, 2.45) is 27.7 Å². The van der Waals surface area contributed by atoms with Crippen molar-refractivity contribution >= 4 is 54.5 Å². The van der Waals surface area contributed by atoms with E-state index in [-0.39, 0.29) is 62.1 Å². The molecule has 5 N–H and O–H groups in total. The molecule has 1 unspecified atom stereocenters. The lowest BCUT2D eigenvalue weighted by Crippen LogP contribution is -2.64. The molecule has 0 bridgehead atoms. The number of aromatic nitrogens is 1. The number of aliphatic imine (C=N–C) groups is 1. The van der Waals surface area contributed by atoms with E-state index in [1.807, 2.05) is 99.6 Å². The number of amides is 5. The minimum Gasteiger partial charge on any atom is -0.360 e. The van der Waals surface area contributed by atoms with Crippen LogP contribution in [0.1, 0.15) is 125 Å². The van der Waals surface area contributed by atoms with Crippen LogP contribution in [0.4, 0.5) is 0 Å². The number of phosphoric ester groups is 1. The number of amidine groups is 1. The molecule has 66 heavy (non-hydrogen) atoms. The summed E-state index contributed by atoms with van der Waals surface area (Å²) in [6.07, 6.45) is 3.10. The van der Waals surface area contributed by atoms with E-state index in [9.17, 15) is 28.5 Å². The molecule has 368 valence electrons. The molecule has 2 aliphatic heterocycles. The molecule has 0 aliphatic carbocycles. The van der Waals surface area contributed by atoms with E-state index in [0.717, 1.165) is 5.56 Å². The molecule has 0 saturated carbocycles. The van der Waals surface area contributed by atoms with Crippen LogP contribution < -0.4 is 26.6 Å². The zero-order valence-electron chi connectivity index (χ0n) is 41.0. The van der Waals surface area contributed by atoms with E-state index in [1.165, 1.54) is 16.2 Å². The van der Waals surface area contributed by atoms with E-state index >= 15 is 0 Å². The number of carbonyl (C=O) groups excluding carboxylic acids is 5. The van der Waals surface area contributed by atoms with Gasteiger partial charge < -0.3 is 31.5 Å². The van der Waals surface area contributed by atoms with Gasteiger partial charge in [-0.2, -0.15) is 0 Å². The number of nitrogens with zero attached hydrogens (tertiary/aromatic N) is 3. The third-order valence-corrected chi connectivity index (χ3v) is 14.3. The van der Waals surface area contributed by atoms with Gasteiger partial charge in [0.05, 0.1) is 31.4 Å². The van der Waals surface area contributed by atoms with Gasteiger partial charge in [0.1, 0.15) is 41.6 Å². The van der Waals surface area contributed by atoms with Crippen LogP contribution in [-0.2, 0) is 48.5 Å². The second-order valence-corrected chi connectivity index (χ2v) is 22.2. The highest BCUT2D eigenvalue weighted by atomic mass is 32.1. The van der Waals surface area contributed by atoms with Crippen LogP contribution in [0.3, 0.4) is 0 Å². The van der Waals surface area contributed by atoms with Gasteiger partial charge in [-0.15, -0.1) is 11.3 Å². The van der Waals surface area contributed by atoms with Crippen LogP contribution in [-0.4, -0.2) is 108 Å². The minimum atomic E-state index is -3.92. The van der Waals surface area contributed by atoms with Crippen LogP contribution in [0.5, 0.6) is 0 Å². The lowest BCUT2D eigenvalue weighted by atomic mass is 9.82. The molecule has 1 aromatic heterocycles. The predicted molar refractivity (Wildman–Crippen MR) is 256 cm³/mol. The monoisotopic (exact) mass is 959 g/mol. The summed E-state index contributed by atoms with van der Waals surface area (Å²) in [4.78, 5) is 82.4. The molecule has 2 aliphatic rings. The molecule has 0 radical (unpaired) electrons. The molecule has 4 rings (SSSR count). The summed E-state index contributed by atoms with van der Waals surface area (Å²) >= 11 is 1.35. The molecule has 17 nitrogen and oxygen atoms in total. The minimum absolute atomic E-state index is 0.113. The Labute approximate surface area is 395 Å². The Morgan fingerprint density at radius 2 is 1.62 bits per heavy atom. The Morgan fingerprint density at radius 1 is 0.955 bits per heavy atom. The molecule has 1 aromatic carbocycles. The first kappa shape index (κ1) is 54.4. The number of nitrogens with one attached hydrogen (secondary N) is 5. The van der Waals surface area contributed by atoms with Crippen molar-refractivity contribution in [3.05, 3.63) is 52.5 Å². The summed E-state index contributed by atoms with van der Waals surface area (Å²) in [5.74, 6) is -2.37. The Balaban J connectivity index is 1.73. The Morgan fingerprint density at radius 3 is 2.18 bits per heavy atom. The Hall–Kier alpha value is -4.22. The number of hydrogen-bond acceptors (Lipinski definition) is 13. The molecule has 2 aromatic rings. The summed E-state index contributed by atoms with van der Waals surface area (Å²) < 4.78 is 30.5. The smallest absolute Gasteiger partial charge is 0.360 e. The van der Waals surface area contributed by atoms with Gasteiger partial charge in [0.2, 0.25) is 29.5 Å². The van der Waals surface area contributed by atoms with Crippen molar-refractivity contribution in [2.75, 3.05) is 26.3 Å². The fourth-order valence-electron chi connectivity index (χ4n) is 8.22. The average molecular weight is 959 g/mol. The number of rotatable bonds is 19. The number of hydrogen-bond donors (Lipinski definition) is 5. The lowest BCUT2D eigenvalue weighted by molar-refractivity contribution is -0.140. The zero-order valence-corrected chi connectivity index (χ0v) is 42.7. The van der Waals surface area contributed by atoms with Gasteiger partial charge in [-0.25, -0.2) is 9.55 Å². The standard InChI is InChI=1S/C47H75N8O9PS/c1-13-19-32(64-65(61,62-14-2)63-15-3)27-34(45-48-23-25-66-45)51-41(57)33(26-31-20-17-16-18-21-31)50-44(60)39(47(10,11)12)53-40-38(46(7,8)9)54-42(58)36(29(4)5)52-43(59)37-30(6)22-24-55(37)35(56)28-49-40/h16-18,20-21,23,25,29-30,32-34,36-39H,13-15,19,22,24,26-28H2,1-12H3,(H,49,53)(H,50,60)(H,51,57)(H,52,59)(H,54,58)/t30-,32?,33+,34+,36+,37+,38-,39+/m1/s1. The zero-order chi connectivity index (χ0) is 49.0. The van der Waals surface area contributed by atoms with Gasteiger partial charge in [0.25, 0.3) is 0 Å². The molecular formula is C47H75N8O9PS. The van der Waals surface area contributed by atoms with Gasteiger partial charge in [0, 0.05) is 31.0 Å². The van der Waals surface area contributed by atoms with E-state index < -0.39 is 78.7 Å². The third kappa shape index (κ3) is 15.1. The largest absolute Gasteiger partial charge is 0.475 e. The van der Waals surface area contributed by atoms with Gasteiger partial charge in [-0.05, 0) is 54.9 Å². The first-order chi connectivity index (χ1) is 31.0. The second-order valence-electron chi connectivity index (χ2n) is 19.7. The summed E-state index contributed by atoms with van der Waals surface area (Å²) in [5, 5.41) is 18.0. The quantitative estimate of drug-likeness (QED) is 0.101. The number of carbonyl (C=O) groups is 5. The Bertz CT molecular complexity index is 2000. The maximum Gasteiger partial charge on any atom is 0.475 e. The summed E-state index contributed by atoms with van der Waals surface area (Å²) in [5.41, 5.74) is -0.721. The highest BCUT2D eigenvalue weighted by Gasteiger charge is 2.44. The maximum absolute atomic E-state index is 14.9. The molecule has 1 saturated heterocycles. The molecule has 0 spiro atoms. The molecule has 19 heteroatoms. The fraction of sp³-hybridized carbons (Fsp3) is 0.681. The normalized spacial score (nSPS) is 21.9. The van der Waals surface area contributed by atoms with Crippen LogP contribution in [0, 0.1) is 22.7 Å². The summed E-state index contributed by atoms with van der Waals surface area (Å²) in [6, 6.07) is 3.97. The van der Waals surface area contributed by atoms with Crippen molar-refractivity contribution in [3.63, 3.8) is 0 Å². The van der Waals surface area contributed by atoms with Gasteiger partial charge in [-0.1, -0.05) is 106 Å². The van der Waals surface area contributed by atoms with Gasteiger partial charge >= 0.3 is 7.82 Å². The third-order valence-electron chi connectivity index (χ3n) is 11.7. The maximum atomic E-state index is 14.9. The predicted octanol–water partition coefficient (Wildman–Crippen LogP) is 6.11. The number of phosphoric acid groups is 1. The van der Waals surface area contributed by atoms with E-state index in [1.54, 1.807) is 25.4 Å². The SMILES string of the molecule is CCCC(C[C@H](NC(=O)[C@H](Cc1ccccc1)NC(=O)[C@H](NC1=NCC(=O)N2CC[C@@H](C)[C@H]2C(=O)N[C@@H](C(C)C)C(=O)N[C@H]1C(C)(C)C)C(C)(C)C)c1nccs1)OP(=O)(OCC)OCC. The fourth-order valence-corrected chi connectivity index (χ4v) is 10.3. The van der Waals surface area contributed by atoms with Crippen molar-refractivity contribution in [1.29, 1.82) is 0 Å². The molecular weight excluding hydrogens is 884 g/mol. The van der Waals surface area contributed by atoms with Crippen LogP contribution >= 0.6 is 19.2 Å². The number of fused-ring (bicyclic) bond motifs is 1. The van der Waals surface area contributed by atoms with Crippen molar-refractivity contribution in [1.82, 2.24) is 36.5 Å². The van der Waals surface area contributed by atoms with Crippen LogP contribution in [0.25, 0.3) is 0 Å². The van der Waals surface area contributed by atoms with Crippen molar-refractivity contribution in [3.8, 4) is 0 Å². The van der Waals surface area contributed by atoms with Gasteiger partial charge in [0.15, 0.2) is 0 Å². The first-order valence-electron chi connectivity index (χ1n) is 23.3. The first-order valence-corrected chi connectivity index (χ1v) is 25.7. The topological polar surface area (TPSA) is 219 Å². The lowest BCUT2D eigenvalue weighted by Gasteiger charge is -2.39. The van der Waals surface area contributed by atoms with E-state index in [4.69, 9.17) is 18.6 Å². The Kier molecular flexibility index (Phi) is 19.9.